The van der Waals surface area contributed by atoms with Gasteiger partial charge in [-0.15, -0.1) is 0 Å². The summed E-state index contributed by atoms with van der Waals surface area (Å²) >= 11 is 12.7. The Balaban J connectivity index is 1.71. The zero-order valence-corrected chi connectivity index (χ0v) is 23.0. The molecular weight excluding hydrogens is 541 g/mol. The lowest BCUT2D eigenvalue weighted by molar-refractivity contribution is -0.119. The molecule has 1 atom stereocenters. The first-order valence-corrected chi connectivity index (χ1v) is 12.9. The maximum atomic E-state index is 14.3. The average molecular weight is 564 g/mol. The Labute approximate surface area is 234 Å². The quantitative estimate of drug-likeness (QED) is 0.340. The highest BCUT2D eigenvalue weighted by atomic mass is 35.5. The summed E-state index contributed by atoms with van der Waals surface area (Å²) in [5, 5.41) is 3.88. The van der Waals surface area contributed by atoms with Crippen LogP contribution in [0.15, 0.2) is 54.9 Å². The summed E-state index contributed by atoms with van der Waals surface area (Å²) in [6, 6.07) is 12.2. The molecule has 0 fully saturated rings. The van der Waals surface area contributed by atoms with Gasteiger partial charge >= 0.3 is 6.01 Å². The number of ether oxygens (including phenoxy) is 2. The number of benzene rings is 2. The molecule has 39 heavy (non-hydrogen) atoms. The van der Waals surface area contributed by atoms with Crippen LogP contribution in [-0.4, -0.2) is 40.6 Å². The van der Waals surface area contributed by atoms with Crippen LogP contribution in [0.5, 0.6) is 11.9 Å². The minimum atomic E-state index is -1.51. The van der Waals surface area contributed by atoms with Gasteiger partial charge in [-0.3, -0.25) is 14.5 Å². The smallest absolute Gasteiger partial charge is 0.319 e. The SMILES string of the molecule is COc1ncc(-n2cc3c(c2C(C)C)[C@@]2(C(=O)Nc4cc(Cl)ccc42)N(c2cccc(Cl)c2)C3=O)c(OC)n1. The van der Waals surface area contributed by atoms with Gasteiger partial charge in [0.05, 0.1) is 26.0 Å². The largest absolute Gasteiger partial charge is 0.479 e. The molecule has 11 heteroatoms. The van der Waals surface area contributed by atoms with E-state index in [0.717, 1.165) is 5.69 Å². The highest BCUT2D eigenvalue weighted by Gasteiger charge is 2.63. The van der Waals surface area contributed by atoms with Crippen LogP contribution in [0.25, 0.3) is 5.69 Å². The number of carbonyl (C=O) groups excluding carboxylic acids is 2. The molecule has 0 bridgehead atoms. The van der Waals surface area contributed by atoms with E-state index in [-0.39, 0.29) is 29.6 Å². The maximum absolute atomic E-state index is 14.3. The average Bonchev–Trinajstić information content (AvgIpc) is 3.52. The first-order chi connectivity index (χ1) is 18.7. The topological polar surface area (TPSA) is 98.6 Å². The van der Waals surface area contributed by atoms with E-state index in [0.29, 0.717) is 43.8 Å². The first-order valence-electron chi connectivity index (χ1n) is 12.1. The van der Waals surface area contributed by atoms with E-state index in [2.05, 4.69) is 15.3 Å². The minimum Gasteiger partial charge on any atom is -0.479 e. The van der Waals surface area contributed by atoms with Gasteiger partial charge in [0.25, 0.3) is 11.8 Å². The summed E-state index contributed by atoms with van der Waals surface area (Å²) in [4.78, 5) is 38.7. The number of hydrogen-bond acceptors (Lipinski definition) is 6. The number of fused-ring (bicyclic) bond motifs is 4. The molecule has 2 amide bonds. The summed E-state index contributed by atoms with van der Waals surface area (Å²) < 4.78 is 12.6. The Kier molecular flexibility index (Phi) is 5.82. The number of carbonyl (C=O) groups is 2. The van der Waals surface area contributed by atoms with Crippen LogP contribution >= 0.6 is 23.2 Å². The minimum absolute atomic E-state index is 0.131. The van der Waals surface area contributed by atoms with Crippen molar-refractivity contribution in [3.63, 3.8) is 0 Å². The van der Waals surface area contributed by atoms with Gasteiger partial charge in [-0.25, -0.2) is 4.98 Å². The van der Waals surface area contributed by atoms with Crippen molar-refractivity contribution in [1.29, 1.82) is 0 Å². The molecule has 1 N–H and O–H groups in total. The van der Waals surface area contributed by atoms with Crippen molar-refractivity contribution in [2.45, 2.75) is 25.3 Å². The van der Waals surface area contributed by atoms with Crippen molar-refractivity contribution in [2.75, 3.05) is 24.4 Å². The van der Waals surface area contributed by atoms with Crippen LogP contribution in [0.1, 0.15) is 46.9 Å². The summed E-state index contributed by atoms with van der Waals surface area (Å²) in [6.07, 6.45) is 3.29. The fraction of sp³-hybridized carbons (Fsp3) is 0.214. The van der Waals surface area contributed by atoms with Crippen LogP contribution in [-0.2, 0) is 10.3 Å². The van der Waals surface area contributed by atoms with E-state index >= 15 is 0 Å². The van der Waals surface area contributed by atoms with Crippen molar-refractivity contribution >= 4 is 46.4 Å². The Hall–Kier alpha value is -4.08. The molecule has 0 radical (unpaired) electrons. The van der Waals surface area contributed by atoms with Crippen molar-refractivity contribution in [1.82, 2.24) is 14.5 Å². The molecule has 0 saturated heterocycles. The third-order valence-electron chi connectivity index (χ3n) is 7.08. The van der Waals surface area contributed by atoms with E-state index in [1.165, 1.54) is 19.1 Å². The van der Waals surface area contributed by atoms with Gasteiger partial charge in [0.15, 0.2) is 5.54 Å². The van der Waals surface area contributed by atoms with Gasteiger partial charge in [-0.2, -0.15) is 4.98 Å². The lowest BCUT2D eigenvalue weighted by Gasteiger charge is -2.36. The van der Waals surface area contributed by atoms with E-state index in [4.69, 9.17) is 32.7 Å². The van der Waals surface area contributed by atoms with Gasteiger partial charge in [0.2, 0.25) is 5.88 Å². The molecule has 4 aromatic rings. The van der Waals surface area contributed by atoms with Crippen LogP contribution < -0.4 is 19.7 Å². The summed E-state index contributed by atoms with van der Waals surface area (Å²) in [7, 11) is 2.96. The Bertz CT molecular complexity index is 1680. The Morgan fingerprint density at radius 2 is 1.79 bits per heavy atom. The normalized spacial score (nSPS) is 17.6. The van der Waals surface area contributed by atoms with Crippen LogP contribution in [0.4, 0.5) is 11.4 Å². The molecule has 9 nitrogen and oxygen atoms in total. The van der Waals surface area contributed by atoms with E-state index < -0.39 is 5.54 Å². The highest BCUT2D eigenvalue weighted by molar-refractivity contribution is 6.32. The molecule has 0 saturated carbocycles. The van der Waals surface area contributed by atoms with Gasteiger partial charge in [-0.05, 0) is 36.2 Å². The number of aromatic nitrogens is 3. The molecule has 198 valence electrons. The number of anilines is 2. The van der Waals surface area contributed by atoms with Gasteiger partial charge in [0, 0.05) is 44.4 Å². The van der Waals surface area contributed by atoms with Crippen molar-refractivity contribution < 1.29 is 19.1 Å². The summed E-state index contributed by atoms with van der Waals surface area (Å²) in [5.41, 5.74) is 2.30. The zero-order chi connectivity index (χ0) is 27.6. The summed E-state index contributed by atoms with van der Waals surface area (Å²) in [5.74, 6) is -0.592. The fourth-order valence-corrected chi connectivity index (χ4v) is 6.00. The predicted molar refractivity (Wildman–Crippen MR) is 148 cm³/mol. The standard InChI is InChI=1S/C28H23Cl2N5O4/c1-14(2)23-22-18(13-34(23)21-12-31-27(39-4)33-24(21)38-3)25(36)35(17-7-5-6-15(29)10-17)28(22)19-9-8-16(30)11-20(19)32-26(28)37/h5-14H,1-4H3,(H,32,37)/t28-/m0/s1. The highest BCUT2D eigenvalue weighted by Crippen LogP contribution is 2.56. The Morgan fingerprint density at radius 3 is 2.49 bits per heavy atom. The molecule has 6 rings (SSSR count). The van der Waals surface area contributed by atoms with E-state index in [9.17, 15) is 9.59 Å². The first kappa shape index (κ1) is 25.2. The monoisotopic (exact) mass is 563 g/mol. The predicted octanol–water partition coefficient (Wildman–Crippen LogP) is 5.57. The van der Waals surface area contributed by atoms with Gasteiger partial charge < -0.3 is 19.4 Å². The molecule has 0 aliphatic carbocycles. The van der Waals surface area contributed by atoms with Crippen molar-refractivity contribution in [2.24, 2.45) is 0 Å². The molecule has 1 spiro atoms. The van der Waals surface area contributed by atoms with E-state index in [1.54, 1.807) is 54.9 Å². The van der Waals surface area contributed by atoms with Crippen LogP contribution in [0.2, 0.25) is 10.0 Å². The lowest BCUT2D eigenvalue weighted by Crippen LogP contribution is -2.50. The molecule has 2 aromatic heterocycles. The number of methoxy groups -OCH3 is 2. The number of nitrogens with one attached hydrogen (secondary N) is 1. The molecular formula is C28H23Cl2N5O4. The second-order valence-corrected chi connectivity index (χ2v) is 10.4. The molecule has 2 aliphatic rings. The second-order valence-electron chi connectivity index (χ2n) is 9.55. The number of nitrogens with zero attached hydrogens (tertiary/aromatic N) is 4. The third-order valence-corrected chi connectivity index (χ3v) is 7.55. The number of amides is 2. The second kappa shape index (κ2) is 9.00. The van der Waals surface area contributed by atoms with Crippen molar-refractivity contribution in [3.05, 3.63) is 87.3 Å². The molecule has 2 aromatic carbocycles. The fourth-order valence-electron chi connectivity index (χ4n) is 5.64. The number of rotatable bonds is 5. The van der Waals surface area contributed by atoms with E-state index in [1.807, 2.05) is 18.4 Å². The summed E-state index contributed by atoms with van der Waals surface area (Å²) in [6.45, 7) is 4.00. The lowest BCUT2D eigenvalue weighted by atomic mass is 9.81. The number of halogens is 2. The van der Waals surface area contributed by atoms with Crippen LogP contribution in [0, 0.1) is 0 Å². The van der Waals surface area contributed by atoms with Crippen LogP contribution in [0.3, 0.4) is 0 Å². The van der Waals surface area contributed by atoms with Gasteiger partial charge in [0.1, 0.15) is 5.69 Å². The van der Waals surface area contributed by atoms with Crippen molar-refractivity contribution in [3.8, 4) is 17.6 Å². The van der Waals surface area contributed by atoms with Gasteiger partial charge in [-0.1, -0.05) is 49.2 Å². The third kappa shape index (κ3) is 3.46. The molecule has 4 heterocycles. The molecule has 0 unspecified atom stereocenters. The zero-order valence-electron chi connectivity index (χ0n) is 21.5. The number of hydrogen-bond donors (Lipinski definition) is 1. The maximum Gasteiger partial charge on any atom is 0.319 e. The molecule has 2 aliphatic heterocycles. The Morgan fingerprint density at radius 1 is 1.03 bits per heavy atom.